The molecule has 3 aromatic rings. The second-order valence-electron chi connectivity index (χ2n) is 7.49. The van der Waals surface area contributed by atoms with Gasteiger partial charge in [0.1, 0.15) is 6.61 Å². The first-order valence-corrected chi connectivity index (χ1v) is 11.4. The molecule has 1 fully saturated rings. The molecule has 1 atom stereocenters. The smallest absolute Gasteiger partial charge is 0.410 e. The fourth-order valence-corrected chi connectivity index (χ4v) is 5.04. The summed E-state index contributed by atoms with van der Waals surface area (Å²) in [6, 6.07) is 31.1. The molecular formula is C25H24INO2. The molecule has 0 aromatic heterocycles. The van der Waals surface area contributed by atoms with Crippen LogP contribution in [0.25, 0.3) is 0 Å². The summed E-state index contributed by atoms with van der Waals surface area (Å²) in [6.45, 7) is 0.927. The van der Waals surface area contributed by atoms with Crippen molar-refractivity contribution in [1.82, 2.24) is 4.90 Å². The third kappa shape index (κ3) is 4.17. The van der Waals surface area contributed by atoms with Crippen molar-refractivity contribution in [3.8, 4) is 0 Å². The lowest BCUT2D eigenvalue weighted by Crippen LogP contribution is -2.38. The van der Waals surface area contributed by atoms with Gasteiger partial charge < -0.3 is 9.64 Å². The topological polar surface area (TPSA) is 29.5 Å². The van der Waals surface area contributed by atoms with Crippen molar-refractivity contribution in [2.24, 2.45) is 0 Å². The maximum Gasteiger partial charge on any atom is 0.410 e. The maximum atomic E-state index is 13.0. The molecule has 3 aromatic carbocycles. The van der Waals surface area contributed by atoms with Crippen LogP contribution in [0.2, 0.25) is 0 Å². The predicted molar refractivity (Wildman–Crippen MR) is 124 cm³/mol. The van der Waals surface area contributed by atoms with Crippen molar-refractivity contribution in [3.63, 3.8) is 0 Å². The van der Waals surface area contributed by atoms with Crippen LogP contribution < -0.4 is 0 Å². The summed E-state index contributed by atoms with van der Waals surface area (Å²) in [4.78, 5) is 15.0. The Morgan fingerprint density at radius 2 is 1.41 bits per heavy atom. The van der Waals surface area contributed by atoms with Gasteiger partial charge in [-0.1, -0.05) is 114 Å². The van der Waals surface area contributed by atoms with Crippen LogP contribution in [0, 0.1) is 0 Å². The van der Waals surface area contributed by atoms with Crippen LogP contribution in [0.1, 0.15) is 23.1 Å². The van der Waals surface area contributed by atoms with Gasteiger partial charge in [0.2, 0.25) is 0 Å². The van der Waals surface area contributed by atoms with Crippen molar-refractivity contribution >= 4 is 28.7 Å². The number of rotatable bonds is 5. The molecule has 3 nitrogen and oxygen atoms in total. The van der Waals surface area contributed by atoms with E-state index in [0.29, 0.717) is 13.2 Å². The van der Waals surface area contributed by atoms with Crippen LogP contribution >= 0.6 is 22.6 Å². The average molecular weight is 497 g/mol. The van der Waals surface area contributed by atoms with Gasteiger partial charge in [0, 0.05) is 22.4 Å². The number of hydrogen-bond donors (Lipinski definition) is 0. The summed E-state index contributed by atoms with van der Waals surface area (Å²) in [7, 11) is 0. The second kappa shape index (κ2) is 8.99. The molecule has 1 saturated heterocycles. The summed E-state index contributed by atoms with van der Waals surface area (Å²) in [5, 5.41) is 0. The summed E-state index contributed by atoms with van der Waals surface area (Å²) < 4.78 is 6.57. The van der Waals surface area contributed by atoms with Crippen LogP contribution in [-0.4, -0.2) is 28.0 Å². The zero-order chi connectivity index (χ0) is 20.1. The quantitative estimate of drug-likeness (QED) is 0.329. The van der Waals surface area contributed by atoms with E-state index in [0.717, 1.165) is 16.4 Å². The number of likely N-dealkylation sites (tertiary alicyclic amines) is 1. The van der Waals surface area contributed by atoms with Gasteiger partial charge in [0.15, 0.2) is 0 Å². The molecule has 4 heteroatoms. The minimum Gasteiger partial charge on any atom is -0.445 e. The highest BCUT2D eigenvalue weighted by atomic mass is 127. The van der Waals surface area contributed by atoms with E-state index >= 15 is 0 Å². The van der Waals surface area contributed by atoms with Gasteiger partial charge in [-0.05, 0) is 23.1 Å². The van der Waals surface area contributed by atoms with Gasteiger partial charge in [-0.15, -0.1) is 0 Å². The van der Waals surface area contributed by atoms with Gasteiger partial charge in [0.25, 0.3) is 0 Å². The minimum absolute atomic E-state index is 0.138. The lowest BCUT2D eigenvalue weighted by atomic mass is 9.73. The first-order valence-electron chi connectivity index (χ1n) is 9.87. The monoisotopic (exact) mass is 497 g/mol. The molecule has 0 saturated carbocycles. The highest BCUT2D eigenvalue weighted by Gasteiger charge is 2.48. The summed E-state index contributed by atoms with van der Waals surface area (Å²) in [5.41, 5.74) is 3.28. The Bertz CT molecular complexity index is 891. The Morgan fingerprint density at radius 3 is 1.93 bits per heavy atom. The van der Waals surface area contributed by atoms with Gasteiger partial charge in [-0.25, -0.2) is 4.79 Å². The van der Waals surface area contributed by atoms with Gasteiger partial charge in [-0.3, -0.25) is 0 Å². The van der Waals surface area contributed by atoms with E-state index in [-0.39, 0.29) is 17.6 Å². The number of halogens is 1. The highest BCUT2D eigenvalue weighted by molar-refractivity contribution is 14.1. The molecule has 4 rings (SSSR count). The van der Waals surface area contributed by atoms with Crippen molar-refractivity contribution in [3.05, 3.63) is 108 Å². The lowest BCUT2D eigenvalue weighted by Gasteiger charge is -2.30. The number of amides is 1. The average Bonchev–Trinajstić information content (AvgIpc) is 3.21. The van der Waals surface area contributed by atoms with E-state index in [1.807, 2.05) is 47.4 Å². The van der Waals surface area contributed by atoms with Crippen LogP contribution in [0.15, 0.2) is 91.0 Å². The minimum atomic E-state index is -0.232. The lowest BCUT2D eigenvalue weighted by molar-refractivity contribution is 0.0942. The molecule has 1 aliphatic heterocycles. The first-order chi connectivity index (χ1) is 14.2. The van der Waals surface area contributed by atoms with Gasteiger partial charge in [-0.2, -0.15) is 0 Å². The predicted octanol–water partition coefficient (Wildman–Crippen LogP) is 5.82. The molecule has 0 aliphatic carbocycles. The van der Waals surface area contributed by atoms with Crippen molar-refractivity contribution in [2.75, 3.05) is 11.0 Å². The summed E-state index contributed by atoms with van der Waals surface area (Å²) >= 11 is 2.38. The molecule has 29 heavy (non-hydrogen) atoms. The van der Waals surface area contributed by atoms with E-state index in [2.05, 4.69) is 71.1 Å². The molecule has 0 unspecified atom stereocenters. The van der Waals surface area contributed by atoms with E-state index in [4.69, 9.17) is 4.74 Å². The van der Waals surface area contributed by atoms with Crippen LogP contribution in [-0.2, 0) is 16.8 Å². The van der Waals surface area contributed by atoms with Crippen LogP contribution in [0.3, 0.4) is 0 Å². The van der Waals surface area contributed by atoms with Gasteiger partial charge in [0.05, 0.1) is 0 Å². The van der Waals surface area contributed by atoms with Crippen LogP contribution in [0.4, 0.5) is 4.79 Å². The van der Waals surface area contributed by atoms with E-state index < -0.39 is 0 Å². The summed E-state index contributed by atoms with van der Waals surface area (Å²) in [5.74, 6) is 0. The number of alkyl halides is 1. The number of benzene rings is 3. The largest absolute Gasteiger partial charge is 0.445 e. The van der Waals surface area contributed by atoms with E-state index in [9.17, 15) is 4.79 Å². The Morgan fingerprint density at radius 1 is 0.897 bits per heavy atom. The number of nitrogens with zero attached hydrogens (tertiary/aromatic N) is 1. The third-order valence-corrected chi connectivity index (χ3v) is 6.75. The highest BCUT2D eigenvalue weighted by Crippen LogP contribution is 2.44. The van der Waals surface area contributed by atoms with E-state index in [1.54, 1.807) is 0 Å². The third-order valence-electron chi connectivity index (χ3n) is 5.74. The first kappa shape index (κ1) is 20.0. The SMILES string of the molecule is O=C(OCc1ccccc1)N1CC(c2ccccc2)(c2ccccc2)C[C@H]1CI. The van der Waals surface area contributed by atoms with Crippen LogP contribution in [0.5, 0.6) is 0 Å². The summed E-state index contributed by atoms with van der Waals surface area (Å²) in [6.07, 6.45) is 0.661. The molecule has 0 radical (unpaired) electrons. The zero-order valence-corrected chi connectivity index (χ0v) is 18.4. The van der Waals surface area contributed by atoms with Gasteiger partial charge >= 0.3 is 6.09 Å². The Hall–Kier alpha value is -2.34. The Labute approximate surface area is 185 Å². The molecule has 1 aliphatic rings. The fraction of sp³-hybridized carbons (Fsp3) is 0.240. The van der Waals surface area contributed by atoms with Crippen molar-refractivity contribution in [1.29, 1.82) is 0 Å². The van der Waals surface area contributed by atoms with E-state index in [1.165, 1.54) is 11.1 Å². The van der Waals surface area contributed by atoms with Crippen molar-refractivity contribution < 1.29 is 9.53 Å². The Kier molecular flexibility index (Phi) is 6.19. The molecular weight excluding hydrogens is 473 g/mol. The molecule has 148 valence electrons. The molecule has 0 bridgehead atoms. The fourth-order valence-electron chi connectivity index (χ4n) is 4.25. The Balaban J connectivity index is 1.62. The standard InChI is InChI=1S/C25H24INO2/c26-17-23-16-25(21-12-6-2-7-13-21,22-14-8-3-9-15-22)19-27(23)24(28)29-18-20-10-4-1-5-11-20/h1-15,23H,16-19H2/t23-/m0/s1. The molecule has 1 heterocycles. The molecule has 0 N–H and O–H groups in total. The molecule has 0 spiro atoms. The normalized spacial score (nSPS) is 17.8. The number of carbonyl (C=O) groups is 1. The number of hydrogen-bond acceptors (Lipinski definition) is 2. The second-order valence-corrected chi connectivity index (χ2v) is 8.38. The van der Waals surface area contributed by atoms with Crippen molar-refractivity contribution in [2.45, 2.75) is 24.5 Å². The zero-order valence-electron chi connectivity index (χ0n) is 16.2. The number of carbonyl (C=O) groups excluding carboxylic acids is 1. The maximum absolute atomic E-state index is 13.0. The number of ether oxygens (including phenoxy) is 1. The molecule has 1 amide bonds.